The average molecular weight is 860 g/mol. The van der Waals surface area contributed by atoms with Crippen molar-refractivity contribution in [2.75, 3.05) is 6.67 Å². The van der Waals surface area contributed by atoms with E-state index in [9.17, 15) is 140 Å². The maximum Gasteiger partial charge on any atom is 0.385 e. The molecule has 316 valence electrons. The molecule has 0 aromatic heterocycles. The third kappa shape index (κ3) is 6.50. The normalized spacial score (nSPS) is 16.6. The largest absolute Gasteiger partial charge is 0.385 e. The van der Waals surface area contributed by atoms with Gasteiger partial charge in [-0.25, -0.2) is 8.78 Å². The molecule has 0 saturated carbocycles. The standard InChI is InChI=1S/C17H5F31.C3H7F/c1-3(19,20)5(23,24)7(27,28)9(31,32)11(35,36)13(39,40)15(43,44)17(47,48)16(45,46)14(41,42)12(37,38)10(33,34)8(29,30)6(25,26)4(21,22)2-18;1-3(2)4/h2H2,1H3;3H,1-2H3. The van der Waals surface area contributed by atoms with Crippen molar-refractivity contribution < 1.29 is 140 Å². The summed E-state index contributed by atoms with van der Waals surface area (Å²) in [5.41, 5.74) is 0. The van der Waals surface area contributed by atoms with Gasteiger partial charge >= 0.3 is 88.8 Å². The lowest BCUT2D eigenvalue weighted by Gasteiger charge is -2.46. The smallest absolute Gasteiger partial charge is 0.248 e. The molecule has 0 nitrogen and oxygen atoms in total. The van der Waals surface area contributed by atoms with Crippen LogP contribution in [-0.4, -0.2) is 102 Å². The summed E-state index contributed by atoms with van der Waals surface area (Å²) in [5, 5.41) is 0. The predicted octanol–water partition coefficient (Wildman–Crippen LogP) is 11.9. The van der Waals surface area contributed by atoms with Crippen LogP contribution < -0.4 is 0 Å². The molecule has 0 bridgehead atoms. The number of halogens is 32. The molecule has 0 fully saturated rings. The molecule has 0 aliphatic carbocycles. The number of hydrogen-bond acceptors (Lipinski definition) is 0. The molecule has 32 heteroatoms. The Morgan fingerprint density at radius 2 is 0.404 bits per heavy atom. The number of hydrogen-bond donors (Lipinski definition) is 0. The van der Waals surface area contributed by atoms with E-state index < -0.39 is 109 Å². The minimum absolute atomic E-state index is 0.667. The topological polar surface area (TPSA) is 0 Å². The highest BCUT2D eigenvalue weighted by Crippen LogP contribution is 2.69. The van der Waals surface area contributed by atoms with Gasteiger partial charge in [-0.05, 0) is 13.8 Å². The van der Waals surface area contributed by atoms with E-state index in [1.807, 2.05) is 0 Å². The van der Waals surface area contributed by atoms with Gasteiger partial charge in [0.15, 0.2) is 6.67 Å². The summed E-state index contributed by atoms with van der Waals surface area (Å²) in [5.74, 6) is -137. The van der Waals surface area contributed by atoms with Crippen LogP contribution in [0.3, 0.4) is 0 Å². The molecule has 0 aromatic carbocycles. The van der Waals surface area contributed by atoms with Gasteiger partial charge in [0, 0.05) is 6.92 Å². The first-order valence-electron chi connectivity index (χ1n) is 11.7. The Morgan fingerprint density at radius 1 is 0.288 bits per heavy atom. The van der Waals surface area contributed by atoms with E-state index in [2.05, 4.69) is 0 Å². The Hall–Kier alpha value is -2.24. The van der Waals surface area contributed by atoms with Crippen LogP contribution in [0.5, 0.6) is 0 Å². The zero-order chi connectivity index (χ0) is 43.8. The highest BCUT2D eigenvalue weighted by Gasteiger charge is 3.01. The van der Waals surface area contributed by atoms with Gasteiger partial charge in [-0.3, -0.25) is 0 Å². The Kier molecular flexibility index (Phi) is 13.2. The fraction of sp³-hybridized carbons (Fsp3) is 1.00. The Morgan fingerprint density at radius 3 is 0.519 bits per heavy atom. The first kappa shape index (κ1) is 51.9. The SMILES string of the molecule is CC(C)F.CC(F)(F)C(F)(F)C(F)(F)C(F)(F)C(F)(F)C(F)(F)C(F)(F)C(F)(F)C(F)(F)C(F)(F)C(F)(F)C(F)(F)C(F)(F)C(F)(F)C(F)(F)CF. The Balaban J connectivity index is 0. The highest BCUT2D eigenvalue weighted by atomic mass is 19.4. The third-order valence-corrected chi connectivity index (χ3v) is 5.91. The molecule has 0 aromatic rings. The summed E-state index contributed by atoms with van der Waals surface area (Å²) in [7, 11) is 0. The van der Waals surface area contributed by atoms with E-state index >= 15 is 0 Å². The second kappa shape index (κ2) is 13.2. The van der Waals surface area contributed by atoms with Crippen molar-refractivity contribution in [3.63, 3.8) is 0 Å². The second-order valence-corrected chi connectivity index (χ2v) is 10.2. The van der Waals surface area contributed by atoms with E-state index in [1.165, 1.54) is 13.8 Å². The van der Waals surface area contributed by atoms with Crippen molar-refractivity contribution in [1.29, 1.82) is 0 Å². The molecule has 0 unspecified atom stereocenters. The van der Waals surface area contributed by atoms with Crippen LogP contribution in [0.2, 0.25) is 0 Å². The summed E-state index contributed by atoms with van der Waals surface area (Å²) < 4.78 is 425. The Labute approximate surface area is 264 Å². The van der Waals surface area contributed by atoms with Crippen LogP contribution in [-0.2, 0) is 0 Å². The quantitative estimate of drug-likeness (QED) is 0.144. The summed E-state index contributed by atoms with van der Waals surface area (Å²) in [6, 6.07) is 0. The first-order valence-corrected chi connectivity index (χ1v) is 11.7. The van der Waals surface area contributed by atoms with Crippen molar-refractivity contribution in [2.24, 2.45) is 0 Å². The van der Waals surface area contributed by atoms with Gasteiger partial charge in [0.05, 0.1) is 6.17 Å². The molecular formula is C20H12F32. The predicted molar refractivity (Wildman–Crippen MR) is 102 cm³/mol. The number of alkyl halides is 32. The Bertz CT molecular complexity index is 1210. The summed E-state index contributed by atoms with van der Waals surface area (Å²) in [6.07, 6.45) is -0.667. The highest BCUT2D eigenvalue weighted by molar-refractivity contribution is 5.21. The van der Waals surface area contributed by atoms with Gasteiger partial charge in [0.2, 0.25) is 0 Å². The summed E-state index contributed by atoms with van der Waals surface area (Å²) in [4.78, 5) is 0. The third-order valence-electron chi connectivity index (χ3n) is 5.91. The molecule has 0 heterocycles. The maximum absolute atomic E-state index is 13.7. The zero-order valence-electron chi connectivity index (χ0n) is 23.9. The maximum atomic E-state index is 13.7. The van der Waals surface area contributed by atoms with Gasteiger partial charge in [-0.15, -0.1) is 0 Å². The van der Waals surface area contributed by atoms with E-state index in [-0.39, 0.29) is 0 Å². The van der Waals surface area contributed by atoms with Crippen molar-refractivity contribution in [3.8, 4) is 0 Å². The van der Waals surface area contributed by atoms with Crippen molar-refractivity contribution in [2.45, 2.75) is 116 Å². The van der Waals surface area contributed by atoms with Crippen LogP contribution in [0.25, 0.3) is 0 Å². The fourth-order valence-electron chi connectivity index (χ4n) is 2.76. The van der Waals surface area contributed by atoms with Gasteiger partial charge < -0.3 is 0 Å². The number of rotatable bonds is 15. The lowest BCUT2D eigenvalue weighted by molar-refractivity contribution is -0.487. The van der Waals surface area contributed by atoms with Crippen molar-refractivity contribution in [1.82, 2.24) is 0 Å². The fourth-order valence-corrected chi connectivity index (χ4v) is 2.76. The monoisotopic (exact) mass is 860 g/mol. The minimum atomic E-state index is -10.0. The average Bonchev–Trinajstić information content (AvgIpc) is 2.90. The molecule has 0 radical (unpaired) electrons. The van der Waals surface area contributed by atoms with Crippen LogP contribution >= 0.6 is 0 Å². The van der Waals surface area contributed by atoms with Crippen molar-refractivity contribution in [3.05, 3.63) is 0 Å². The molecule has 0 rings (SSSR count). The van der Waals surface area contributed by atoms with Gasteiger partial charge in [0.25, 0.3) is 0 Å². The molecular weight excluding hydrogens is 848 g/mol. The molecule has 0 aliphatic rings. The van der Waals surface area contributed by atoms with Gasteiger partial charge in [0.1, 0.15) is 0 Å². The van der Waals surface area contributed by atoms with Crippen molar-refractivity contribution >= 4 is 0 Å². The van der Waals surface area contributed by atoms with Crippen LogP contribution in [0.15, 0.2) is 0 Å². The van der Waals surface area contributed by atoms with Crippen LogP contribution in [0.4, 0.5) is 140 Å². The summed E-state index contributed by atoms with van der Waals surface area (Å²) >= 11 is 0. The minimum Gasteiger partial charge on any atom is -0.248 e. The lowest BCUT2D eigenvalue weighted by Crippen LogP contribution is -2.79. The molecule has 52 heavy (non-hydrogen) atoms. The molecule has 0 amide bonds. The van der Waals surface area contributed by atoms with E-state index in [1.54, 1.807) is 0 Å². The van der Waals surface area contributed by atoms with E-state index in [0.29, 0.717) is 0 Å². The van der Waals surface area contributed by atoms with Gasteiger partial charge in [-0.1, -0.05) is 0 Å². The molecule has 0 saturated heterocycles. The van der Waals surface area contributed by atoms with Gasteiger partial charge in [-0.2, -0.15) is 132 Å². The molecule has 0 N–H and O–H groups in total. The molecule has 0 aliphatic heterocycles. The zero-order valence-corrected chi connectivity index (χ0v) is 23.9. The molecule has 0 atom stereocenters. The van der Waals surface area contributed by atoms with Crippen LogP contribution in [0, 0.1) is 0 Å². The first-order chi connectivity index (χ1) is 21.8. The van der Waals surface area contributed by atoms with E-state index in [4.69, 9.17) is 0 Å². The van der Waals surface area contributed by atoms with Crippen LogP contribution in [0.1, 0.15) is 20.8 Å². The van der Waals surface area contributed by atoms with E-state index in [0.717, 1.165) is 0 Å². The molecule has 0 spiro atoms. The summed E-state index contributed by atoms with van der Waals surface area (Å²) in [6.45, 7) is -3.00. The second-order valence-electron chi connectivity index (χ2n) is 10.2. The lowest BCUT2D eigenvalue weighted by atomic mass is 9.83.